The van der Waals surface area contributed by atoms with E-state index < -0.39 is 10.0 Å². The molecule has 6 heteroatoms. The third-order valence-corrected chi connectivity index (χ3v) is 8.32. The van der Waals surface area contributed by atoms with Crippen molar-refractivity contribution in [3.8, 4) is 0 Å². The molecule has 5 nitrogen and oxygen atoms in total. The number of rotatable bonds is 5. The summed E-state index contributed by atoms with van der Waals surface area (Å²) in [6.07, 6.45) is 3.28. The van der Waals surface area contributed by atoms with Gasteiger partial charge in [0.2, 0.25) is 15.9 Å². The predicted molar refractivity (Wildman–Crippen MR) is 125 cm³/mol. The van der Waals surface area contributed by atoms with Gasteiger partial charge in [-0.3, -0.25) is 4.79 Å². The summed E-state index contributed by atoms with van der Waals surface area (Å²) in [7, 11) is -3.74. The molecule has 0 aromatic heterocycles. The summed E-state index contributed by atoms with van der Waals surface area (Å²) in [5.74, 6) is -0.0196. The molecule has 3 aromatic rings. The zero-order chi connectivity index (χ0) is 22.1. The van der Waals surface area contributed by atoms with Crippen LogP contribution < -0.4 is 5.32 Å². The number of fused-ring (bicyclic) bond motifs is 2. The van der Waals surface area contributed by atoms with Crippen molar-refractivity contribution in [1.82, 2.24) is 4.31 Å². The minimum Gasteiger partial charge on any atom is -0.326 e. The average Bonchev–Trinajstić information content (AvgIpc) is 3.13. The summed E-state index contributed by atoms with van der Waals surface area (Å²) in [6, 6.07) is 22.9. The Hall–Kier alpha value is -2.96. The van der Waals surface area contributed by atoms with Crippen molar-refractivity contribution >= 4 is 21.6 Å². The molecule has 1 heterocycles. The van der Waals surface area contributed by atoms with Gasteiger partial charge in [-0.1, -0.05) is 54.6 Å². The minimum atomic E-state index is -3.74. The molecule has 0 spiro atoms. The van der Waals surface area contributed by atoms with E-state index in [4.69, 9.17) is 0 Å². The summed E-state index contributed by atoms with van der Waals surface area (Å²) in [4.78, 5) is 12.2. The lowest BCUT2D eigenvalue weighted by Crippen LogP contribution is -2.40. The van der Waals surface area contributed by atoms with E-state index in [-0.39, 0.29) is 11.9 Å². The molecule has 1 aliphatic heterocycles. The van der Waals surface area contributed by atoms with Crippen molar-refractivity contribution in [2.75, 3.05) is 5.32 Å². The van der Waals surface area contributed by atoms with Gasteiger partial charge in [0.15, 0.2) is 0 Å². The number of aryl methyl sites for hydroxylation is 1. The molecule has 2 aliphatic rings. The van der Waals surface area contributed by atoms with Crippen LogP contribution in [-0.2, 0) is 40.6 Å². The number of carbonyl (C=O) groups excluding carboxylic acids is 1. The third-order valence-electron chi connectivity index (χ3n) is 6.43. The summed E-state index contributed by atoms with van der Waals surface area (Å²) >= 11 is 0. The van der Waals surface area contributed by atoms with Gasteiger partial charge in [0.1, 0.15) is 0 Å². The SMILES string of the molecule is O=C1CCCc2cc(S(=O)(=O)N(Cc3ccccc3)C3Cc4ccccc4C3)ccc2N1. The van der Waals surface area contributed by atoms with Gasteiger partial charge in [0.05, 0.1) is 4.90 Å². The number of hydrogen-bond donors (Lipinski definition) is 1. The highest BCUT2D eigenvalue weighted by atomic mass is 32.2. The lowest BCUT2D eigenvalue weighted by molar-refractivity contribution is -0.116. The van der Waals surface area contributed by atoms with Gasteiger partial charge >= 0.3 is 0 Å². The molecular weight excluding hydrogens is 420 g/mol. The van der Waals surface area contributed by atoms with Gasteiger partial charge < -0.3 is 5.32 Å². The Bertz CT molecular complexity index is 1230. The Morgan fingerprint density at radius 1 is 0.844 bits per heavy atom. The number of amides is 1. The first-order valence-electron chi connectivity index (χ1n) is 11.1. The maximum absolute atomic E-state index is 13.9. The molecule has 32 heavy (non-hydrogen) atoms. The van der Waals surface area contributed by atoms with E-state index >= 15 is 0 Å². The van der Waals surface area contributed by atoms with Crippen LogP contribution in [0.1, 0.15) is 35.1 Å². The molecule has 0 fully saturated rings. The van der Waals surface area contributed by atoms with Gasteiger partial charge in [0.25, 0.3) is 0 Å². The molecule has 0 radical (unpaired) electrons. The molecule has 1 amide bonds. The highest BCUT2D eigenvalue weighted by Gasteiger charge is 2.35. The highest BCUT2D eigenvalue weighted by Crippen LogP contribution is 2.32. The van der Waals surface area contributed by atoms with Crippen LogP contribution >= 0.6 is 0 Å². The Morgan fingerprint density at radius 3 is 2.25 bits per heavy atom. The molecule has 1 aliphatic carbocycles. The van der Waals surface area contributed by atoms with Crippen LogP contribution in [0.3, 0.4) is 0 Å². The standard InChI is InChI=1S/C26H26N2O3S/c29-26-12-6-11-22-17-24(13-14-25(22)27-26)32(30,31)28(18-19-7-2-1-3-8-19)23-15-20-9-4-5-10-21(20)16-23/h1-5,7-10,13-14,17,23H,6,11-12,15-16,18H2,(H,27,29). The molecule has 1 N–H and O–H groups in total. The lowest BCUT2D eigenvalue weighted by atomic mass is 10.1. The van der Waals surface area contributed by atoms with E-state index in [0.717, 1.165) is 11.1 Å². The molecule has 0 saturated heterocycles. The number of nitrogens with zero attached hydrogens (tertiary/aromatic N) is 1. The Kier molecular flexibility index (Phi) is 5.57. The maximum Gasteiger partial charge on any atom is 0.243 e. The minimum absolute atomic E-state index is 0.0196. The van der Waals surface area contributed by atoms with E-state index in [9.17, 15) is 13.2 Å². The molecule has 0 atom stereocenters. The number of carbonyl (C=O) groups is 1. The summed E-state index contributed by atoms with van der Waals surface area (Å²) in [5.41, 5.74) is 5.00. The molecule has 0 unspecified atom stereocenters. The van der Waals surface area contributed by atoms with Crippen LogP contribution in [0.4, 0.5) is 5.69 Å². The molecular formula is C26H26N2O3S. The second-order valence-electron chi connectivity index (χ2n) is 8.59. The van der Waals surface area contributed by atoms with Crippen LogP contribution in [0, 0.1) is 0 Å². The molecule has 164 valence electrons. The van der Waals surface area contributed by atoms with Gasteiger partial charge in [-0.2, -0.15) is 4.31 Å². The van der Waals surface area contributed by atoms with Gasteiger partial charge in [-0.25, -0.2) is 8.42 Å². The van der Waals surface area contributed by atoms with Crippen LogP contribution in [0.5, 0.6) is 0 Å². The van der Waals surface area contributed by atoms with E-state index in [1.807, 2.05) is 42.5 Å². The molecule has 0 saturated carbocycles. The Morgan fingerprint density at radius 2 is 1.53 bits per heavy atom. The fourth-order valence-electron chi connectivity index (χ4n) is 4.76. The zero-order valence-electron chi connectivity index (χ0n) is 17.8. The number of benzene rings is 3. The zero-order valence-corrected chi connectivity index (χ0v) is 18.6. The summed E-state index contributed by atoms with van der Waals surface area (Å²) < 4.78 is 29.6. The smallest absolute Gasteiger partial charge is 0.243 e. The highest BCUT2D eigenvalue weighted by molar-refractivity contribution is 7.89. The van der Waals surface area contributed by atoms with E-state index in [2.05, 4.69) is 17.4 Å². The summed E-state index contributed by atoms with van der Waals surface area (Å²) in [5, 5.41) is 2.89. The number of nitrogens with one attached hydrogen (secondary N) is 1. The van der Waals surface area contributed by atoms with Crippen molar-refractivity contribution < 1.29 is 13.2 Å². The Balaban J connectivity index is 1.52. The normalized spacial score (nSPS) is 16.3. The first kappa shape index (κ1) is 20.9. The fraction of sp³-hybridized carbons (Fsp3) is 0.269. The topological polar surface area (TPSA) is 66.5 Å². The predicted octanol–water partition coefficient (Wildman–Crippen LogP) is 4.32. The van der Waals surface area contributed by atoms with Crippen molar-refractivity contribution in [1.29, 1.82) is 0 Å². The van der Waals surface area contributed by atoms with Gasteiger partial charge in [-0.15, -0.1) is 0 Å². The first-order chi connectivity index (χ1) is 15.5. The molecule has 3 aromatic carbocycles. The monoisotopic (exact) mass is 446 g/mol. The number of hydrogen-bond acceptors (Lipinski definition) is 3. The van der Waals surface area contributed by atoms with Crippen LogP contribution in [0.25, 0.3) is 0 Å². The van der Waals surface area contributed by atoms with Gasteiger partial charge in [-0.05, 0) is 66.1 Å². The van der Waals surface area contributed by atoms with Crippen LogP contribution in [-0.4, -0.2) is 24.7 Å². The van der Waals surface area contributed by atoms with Crippen molar-refractivity contribution in [3.05, 3.63) is 95.1 Å². The number of anilines is 1. The Labute approximate surface area is 189 Å². The van der Waals surface area contributed by atoms with Crippen molar-refractivity contribution in [3.63, 3.8) is 0 Å². The van der Waals surface area contributed by atoms with E-state index in [1.54, 1.807) is 22.5 Å². The molecule has 0 bridgehead atoms. The quantitative estimate of drug-likeness (QED) is 0.635. The maximum atomic E-state index is 13.9. The number of sulfonamides is 1. The molecule has 5 rings (SSSR count). The van der Waals surface area contributed by atoms with Crippen LogP contribution in [0.2, 0.25) is 0 Å². The third kappa shape index (κ3) is 4.08. The fourth-order valence-corrected chi connectivity index (χ4v) is 6.42. The second kappa shape index (κ2) is 8.52. The van der Waals surface area contributed by atoms with Crippen LogP contribution in [0.15, 0.2) is 77.7 Å². The second-order valence-corrected chi connectivity index (χ2v) is 10.5. The lowest BCUT2D eigenvalue weighted by Gasteiger charge is -2.28. The summed E-state index contributed by atoms with van der Waals surface area (Å²) in [6.45, 7) is 0.329. The van der Waals surface area contributed by atoms with Gasteiger partial charge in [0, 0.05) is 24.7 Å². The average molecular weight is 447 g/mol. The van der Waals surface area contributed by atoms with E-state index in [0.29, 0.717) is 49.2 Å². The van der Waals surface area contributed by atoms with E-state index in [1.165, 1.54) is 11.1 Å². The largest absolute Gasteiger partial charge is 0.326 e. The van der Waals surface area contributed by atoms with Crippen molar-refractivity contribution in [2.24, 2.45) is 0 Å². The van der Waals surface area contributed by atoms with Crippen molar-refractivity contribution in [2.45, 2.75) is 49.6 Å². The first-order valence-corrected chi connectivity index (χ1v) is 12.5.